The van der Waals surface area contributed by atoms with Crippen molar-refractivity contribution in [1.29, 1.82) is 0 Å². The van der Waals surface area contributed by atoms with Crippen molar-refractivity contribution in [2.45, 2.75) is 24.3 Å². The SMILES string of the molecule is CC(=O)Nc1ccc(C(=O)[C@H](C)Sc2ncn(-c3ccccc3)n2)cc1. The minimum absolute atomic E-state index is 0.0135. The molecule has 6 nitrogen and oxygen atoms in total. The van der Waals surface area contributed by atoms with E-state index in [-0.39, 0.29) is 16.9 Å². The fourth-order valence-corrected chi connectivity index (χ4v) is 3.18. The summed E-state index contributed by atoms with van der Waals surface area (Å²) in [6.07, 6.45) is 1.64. The summed E-state index contributed by atoms with van der Waals surface area (Å²) in [6.45, 7) is 3.28. The molecule has 0 radical (unpaired) electrons. The normalized spacial score (nSPS) is 11.8. The van der Waals surface area contributed by atoms with Gasteiger partial charge in [0.15, 0.2) is 5.78 Å². The Labute approximate surface area is 155 Å². The summed E-state index contributed by atoms with van der Waals surface area (Å²) in [5.74, 6) is -0.159. The first-order valence-electron chi connectivity index (χ1n) is 8.08. The van der Waals surface area contributed by atoms with Crippen molar-refractivity contribution in [3.63, 3.8) is 0 Å². The molecule has 1 N–H and O–H groups in total. The van der Waals surface area contributed by atoms with Crippen LogP contribution >= 0.6 is 11.8 Å². The second-order valence-corrected chi connectivity index (χ2v) is 7.00. The number of benzene rings is 2. The quantitative estimate of drug-likeness (QED) is 0.533. The first-order chi connectivity index (χ1) is 12.5. The number of anilines is 1. The molecular weight excluding hydrogens is 348 g/mol. The van der Waals surface area contributed by atoms with E-state index < -0.39 is 0 Å². The number of ketones is 1. The van der Waals surface area contributed by atoms with Gasteiger partial charge in [-0.25, -0.2) is 9.67 Å². The lowest BCUT2D eigenvalue weighted by atomic mass is 10.1. The molecule has 26 heavy (non-hydrogen) atoms. The number of Topliss-reactive ketones (excluding diaryl/α,β-unsaturated/α-hetero) is 1. The van der Waals surface area contributed by atoms with E-state index >= 15 is 0 Å². The number of hydrogen-bond donors (Lipinski definition) is 1. The Morgan fingerprint density at radius 2 is 1.77 bits per heavy atom. The van der Waals surface area contributed by atoms with Crippen molar-refractivity contribution >= 4 is 29.1 Å². The molecule has 0 unspecified atom stereocenters. The van der Waals surface area contributed by atoms with Crippen molar-refractivity contribution in [3.8, 4) is 5.69 Å². The molecule has 132 valence electrons. The van der Waals surface area contributed by atoms with E-state index in [0.717, 1.165) is 5.69 Å². The van der Waals surface area contributed by atoms with Crippen LogP contribution < -0.4 is 5.32 Å². The predicted molar refractivity (Wildman–Crippen MR) is 102 cm³/mol. The van der Waals surface area contributed by atoms with E-state index in [2.05, 4.69) is 15.4 Å². The summed E-state index contributed by atoms with van der Waals surface area (Å²) in [4.78, 5) is 27.9. The number of thioether (sulfide) groups is 1. The topological polar surface area (TPSA) is 76.9 Å². The smallest absolute Gasteiger partial charge is 0.221 e. The second-order valence-electron chi connectivity index (χ2n) is 5.69. The zero-order chi connectivity index (χ0) is 18.5. The van der Waals surface area contributed by atoms with Gasteiger partial charge in [-0.1, -0.05) is 30.0 Å². The molecule has 0 saturated carbocycles. The molecule has 2 aromatic carbocycles. The Morgan fingerprint density at radius 1 is 1.08 bits per heavy atom. The van der Waals surface area contributed by atoms with E-state index in [0.29, 0.717) is 16.4 Å². The maximum atomic E-state index is 12.6. The molecule has 3 rings (SSSR count). The van der Waals surface area contributed by atoms with Gasteiger partial charge in [-0.3, -0.25) is 9.59 Å². The van der Waals surface area contributed by atoms with Gasteiger partial charge in [0.2, 0.25) is 11.1 Å². The molecule has 1 heterocycles. The standard InChI is InChI=1S/C19H18N4O2S/c1-13(18(25)15-8-10-16(11-9-15)21-14(2)24)26-19-20-12-23(22-19)17-6-4-3-5-7-17/h3-13H,1-2H3,(H,21,24)/t13-/m0/s1. The fourth-order valence-electron chi connectivity index (χ4n) is 2.37. The number of carbonyl (C=O) groups is 2. The molecule has 3 aromatic rings. The van der Waals surface area contributed by atoms with Gasteiger partial charge in [0.25, 0.3) is 0 Å². The first kappa shape index (κ1) is 17.9. The van der Waals surface area contributed by atoms with Gasteiger partial charge in [-0.2, -0.15) is 0 Å². The summed E-state index contributed by atoms with van der Waals surface area (Å²) in [5, 5.41) is 7.31. The first-order valence-corrected chi connectivity index (χ1v) is 8.96. The molecule has 7 heteroatoms. The van der Waals surface area contributed by atoms with Crippen LogP contribution in [-0.4, -0.2) is 31.7 Å². The van der Waals surface area contributed by atoms with Gasteiger partial charge >= 0.3 is 0 Å². The molecule has 0 aliphatic rings. The van der Waals surface area contributed by atoms with E-state index in [1.807, 2.05) is 37.3 Å². The molecule has 0 fully saturated rings. The highest BCUT2D eigenvalue weighted by Gasteiger charge is 2.18. The lowest BCUT2D eigenvalue weighted by molar-refractivity contribution is -0.114. The summed E-state index contributed by atoms with van der Waals surface area (Å²) < 4.78 is 1.68. The summed E-state index contributed by atoms with van der Waals surface area (Å²) in [7, 11) is 0. The average molecular weight is 366 g/mol. The summed E-state index contributed by atoms with van der Waals surface area (Å²) >= 11 is 1.31. The summed E-state index contributed by atoms with van der Waals surface area (Å²) in [6, 6.07) is 16.5. The van der Waals surface area contributed by atoms with Crippen LogP contribution in [0.2, 0.25) is 0 Å². The van der Waals surface area contributed by atoms with Crippen LogP contribution in [0.5, 0.6) is 0 Å². The highest BCUT2D eigenvalue weighted by molar-refractivity contribution is 8.00. The maximum absolute atomic E-state index is 12.6. The van der Waals surface area contributed by atoms with Crippen LogP contribution in [0.15, 0.2) is 66.1 Å². The van der Waals surface area contributed by atoms with E-state index in [1.165, 1.54) is 18.7 Å². The van der Waals surface area contributed by atoms with Gasteiger partial charge in [0.1, 0.15) is 6.33 Å². The second kappa shape index (κ2) is 7.97. The minimum Gasteiger partial charge on any atom is -0.326 e. The molecule has 0 saturated heterocycles. The average Bonchev–Trinajstić information content (AvgIpc) is 3.10. The third-order valence-electron chi connectivity index (χ3n) is 3.63. The Balaban J connectivity index is 1.66. The van der Waals surface area contributed by atoms with Crippen molar-refractivity contribution in [3.05, 3.63) is 66.5 Å². The highest BCUT2D eigenvalue weighted by Crippen LogP contribution is 2.23. The third-order valence-corrected chi connectivity index (χ3v) is 4.60. The number of aromatic nitrogens is 3. The minimum atomic E-state index is -0.326. The van der Waals surface area contributed by atoms with Crippen LogP contribution in [0.3, 0.4) is 0 Å². The van der Waals surface area contributed by atoms with Gasteiger partial charge in [-0.15, -0.1) is 5.10 Å². The van der Waals surface area contributed by atoms with Crippen LogP contribution in [0, 0.1) is 0 Å². The number of para-hydroxylation sites is 1. The Kier molecular flexibility index (Phi) is 5.48. The van der Waals surface area contributed by atoms with Crippen LogP contribution in [-0.2, 0) is 4.79 Å². The molecular formula is C19H18N4O2S. The predicted octanol–water partition coefficient (Wildman–Crippen LogP) is 3.59. The van der Waals surface area contributed by atoms with Crippen LogP contribution in [0.25, 0.3) is 5.69 Å². The third kappa shape index (κ3) is 4.37. The number of rotatable bonds is 6. The van der Waals surface area contributed by atoms with Crippen molar-refractivity contribution < 1.29 is 9.59 Å². The molecule has 1 atom stereocenters. The zero-order valence-corrected chi connectivity index (χ0v) is 15.2. The Bertz CT molecular complexity index is 907. The van der Waals surface area contributed by atoms with E-state index in [1.54, 1.807) is 35.3 Å². The van der Waals surface area contributed by atoms with Crippen molar-refractivity contribution in [2.75, 3.05) is 5.32 Å². The maximum Gasteiger partial charge on any atom is 0.221 e. The number of hydrogen-bond acceptors (Lipinski definition) is 5. The highest BCUT2D eigenvalue weighted by atomic mass is 32.2. The molecule has 1 amide bonds. The number of amides is 1. The van der Waals surface area contributed by atoms with Gasteiger partial charge in [0.05, 0.1) is 10.9 Å². The van der Waals surface area contributed by atoms with E-state index in [4.69, 9.17) is 0 Å². The lowest BCUT2D eigenvalue weighted by Gasteiger charge is -2.09. The number of nitrogens with zero attached hydrogens (tertiary/aromatic N) is 3. The van der Waals surface area contributed by atoms with Crippen molar-refractivity contribution in [2.24, 2.45) is 0 Å². The molecule has 0 aliphatic heterocycles. The van der Waals surface area contributed by atoms with Crippen LogP contribution in [0.4, 0.5) is 5.69 Å². The molecule has 0 bridgehead atoms. The summed E-state index contributed by atoms with van der Waals surface area (Å²) in [5.41, 5.74) is 2.17. The lowest BCUT2D eigenvalue weighted by Crippen LogP contribution is -2.14. The Hall–Kier alpha value is -2.93. The van der Waals surface area contributed by atoms with Gasteiger partial charge < -0.3 is 5.32 Å². The molecule has 0 aliphatic carbocycles. The largest absolute Gasteiger partial charge is 0.326 e. The molecule has 0 spiro atoms. The fraction of sp³-hybridized carbons (Fsp3) is 0.158. The molecule has 1 aromatic heterocycles. The van der Waals surface area contributed by atoms with Crippen molar-refractivity contribution in [1.82, 2.24) is 14.8 Å². The zero-order valence-electron chi connectivity index (χ0n) is 14.4. The Morgan fingerprint density at radius 3 is 2.42 bits per heavy atom. The van der Waals surface area contributed by atoms with Gasteiger partial charge in [0, 0.05) is 18.2 Å². The van der Waals surface area contributed by atoms with Gasteiger partial charge in [-0.05, 0) is 43.3 Å². The van der Waals surface area contributed by atoms with Crippen LogP contribution in [0.1, 0.15) is 24.2 Å². The number of carbonyl (C=O) groups excluding carboxylic acids is 2. The monoisotopic (exact) mass is 366 g/mol. The van der Waals surface area contributed by atoms with E-state index in [9.17, 15) is 9.59 Å². The number of nitrogens with one attached hydrogen (secondary N) is 1.